The van der Waals surface area contributed by atoms with Crippen molar-refractivity contribution in [3.05, 3.63) is 0 Å². The lowest BCUT2D eigenvalue weighted by Gasteiger charge is -2.26. The first-order chi connectivity index (χ1) is 6.37. The zero-order chi connectivity index (χ0) is 11.2. The minimum Gasteiger partial charge on any atom is -0.394 e. The fourth-order valence-corrected chi connectivity index (χ4v) is 1.52. The van der Waals surface area contributed by atoms with Gasteiger partial charge in [-0.2, -0.15) is 0 Å². The zero-order valence-electron chi connectivity index (χ0n) is 9.32. The first-order valence-corrected chi connectivity index (χ1v) is 5.09. The maximum atomic E-state index is 9.86. The van der Waals surface area contributed by atoms with Crippen LogP contribution in [0.4, 0.5) is 0 Å². The fourth-order valence-electron chi connectivity index (χ4n) is 1.52. The molecule has 0 heterocycles. The zero-order valence-corrected chi connectivity index (χ0v) is 9.32. The number of hydrogen-bond acceptors (Lipinski definition) is 4. The monoisotopic (exact) mass is 205 g/mol. The standard InChI is InChI=1S/C10H23NO3/c1-8(2)4-10(3,14)7-11-5-9(13)6-12/h8-9,11-14H,4-7H2,1-3H3/t9-,10?/m0/s1. The Hall–Kier alpha value is -0.160. The summed E-state index contributed by atoms with van der Waals surface area (Å²) in [7, 11) is 0. The SMILES string of the molecule is CC(C)CC(C)(O)CNC[C@H](O)CO. The van der Waals surface area contributed by atoms with Gasteiger partial charge in [-0.05, 0) is 19.3 Å². The molecule has 0 bridgehead atoms. The van der Waals surface area contributed by atoms with E-state index in [0.717, 1.165) is 6.42 Å². The molecule has 0 aromatic heterocycles. The van der Waals surface area contributed by atoms with Gasteiger partial charge in [-0.25, -0.2) is 0 Å². The molecule has 0 aromatic rings. The topological polar surface area (TPSA) is 72.7 Å². The number of rotatable bonds is 7. The molecule has 2 atom stereocenters. The van der Waals surface area contributed by atoms with E-state index in [1.807, 2.05) is 0 Å². The summed E-state index contributed by atoms with van der Waals surface area (Å²) < 4.78 is 0. The van der Waals surface area contributed by atoms with Crippen LogP contribution in [-0.4, -0.2) is 46.7 Å². The van der Waals surface area contributed by atoms with E-state index in [0.29, 0.717) is 19.0 Å². The number of aliphatic hydroxyl groups is 3. The van der Waals surface area contributed by atoms with Gasteiger partial charge >= 0.3 is 0 Å². The fraction of sp³-hybridized carbons (Fsp3) is 1.00. The molecule has 0 spiro atoms. The van der Waals surface area contributed by atoms with Crippen molar-refractivity contribution in [2.24, 2.45) is 5.92 Å². The predicted molar refractivity (Wildman–Crippen MR) is 56.0 cm³/mol. The molecule has 0 saturated carbocycles. The minimum absolute atomic E-state index is 0.251. The van der Waals surface area contributed by atoms with Crippen LogP contribution in [0.3, 0.4) is 0 Å². The quantitative estimate of drug-likeness (QED) is 0.461. The Labute approximate surface area is 86.0 Å². The van der Waals surface area contributed by atoms with Crippen LogP contribution >= 0.6 is 0 Å². The van der Waals surface area contributed by atoms with E-state index in [9.17, 15) is 5.11 Å². The van der Waals surface area contributed by atoms with Crippen LogP contribution < -0.4 is 5.32 Å². The summed E-state index contributed by atoms with van der Waals surface area (Å²) in [5.74, 6) is 0.439. The molecule has 4 nitrogen and oxygen atoms in total. The lowest BCUT2D eigenvalue weighted by Crippen LogP contribution is -2.42. The highest BCUT2D eigenvalue weighted by atomic mass is 16.3. The molecule has 86 valence electrons. The lowest BCUT2D eigenvalue weighted by molar-refractivity contribution is 0.0316. The Morgan fingerprint density at radius 3 is 2.36 bits per heavy atom. The first kappa shape index (κ1) is 13.8. The van der Waals surface area contributed by atoms with Crippen molar-refractivity contribution in [3.8, 4) is 0 Å². The van der Waals surface area contributed by atoms with Gasteiger partial charge in [-0.15, -0.1) is 0 Å². The van der Waals surface area contributed by atoms with Crippen molar-refractivity contribution < 1.29 is 15.3 Å². The van der Waals surface area contributed by atoms with E-state index >= 15 is 0 Å². The summed E-state index contributed by atoms with van der Waals surface area (Å²) in [6, 6.07) is 0. The molecular formula is C10H23NO3. The maximum Gasteiger partial charge on any atom is 0.0894 e. The van der Waals surface area contributed by atoms with Crippen LogP contribution in [0.2, 0.25) is 0 Å². The van der Waals surface area contributed by atoms with Crippen LogP contribution in [0.1, 0.15) is 27.2 Å². The molecule has 14 heavy (non-hydrogen) atoms. The Bertz CT molecular complexity index is 148. The number of nitrogens with one attached hydrogen (secondary N) is 1. The van der Waals surface area contributed by atoms with E-state index in [-0.39, 0.29) is 6.61 Å². The second-order valence-electron chi connectivity index (χ2n) is 4.56. The predicted octanol–water partition coefficient (Wildman–Crippen LogP) is -0.274. The second-order valence-corrected chi connectivity index (χ2v) is 4.56. The molecule has 0 aliphatic carbocycles. The van der Waals surface area contributed by atoms with Crippen molar-refractivity contribution >= 4 is 0 Å². The number of hydrogen-bond donors (Lipinski definition) is 4. The van der Waals surface area contributed by atoms with Crippen LogP contribution in [-0.2, 0) is 0 Å². The third-order valence-corrected chi connectivity index (χ3v) is 1.94. The highest BCUT2D eigenvalue weighted by Crippen LogP contribution is 2.14. The molecule has 0 aromatic carbocycles. The lowest BCUT2D eigenvalue weighted by atomic mass is 9.94. The van der Waals surface area contributed by atoms with Crippen molar-refractivity contribution in [2.45, 2.75) is 38.9 Å². The molecule has 1 unspecified atom stereocenters. The summed E-state index contributed by atoms with van der Waals surface area (Å²) in [5.41, 5.74) is -0.747. The van der Waals surface area contributed by atoms with Gasteiger partial charge in [0, 0.05) is 13.1 Å². The van der Waals surface area contributed by atoms with Gasteiger partial charge in [0.1, 0.15) is 0 Å². The van der Waals surface area contributed by atoms with Crippen LogP contribution in [0.15, 0.2) is 0 Å². The Kier molecular flexibility index (Phi) is 6.27. The van der Waals surface area contributed by atoms with Crippen molar-refractivity contribution in [1.29, 1.82) is 0 Å². The maximum absolute atomic E-state index is 9.86. The summed E-state index contributed by atoms with van der Waals surface area (Å²) in [6.45, 7) is 6.37. The smallest absolute Gasteiger partial charge is 0.0894 e. The van der Waals surface area contributed by atoms with Crippen molar-refractivity contribution in [2.75, 3.05) is 19.7 Å². The van der Waals surface area contributed by atoms with Gasteiger partial charge in [0.25, 0.3) is 0 Å². The molecule has 0 amide bonds. The molecule has 4 N–H and O–H groups in total. The van der Waals surface area contributed by atoms with E-state index in [1.165, 1.54) is 0 Å². The van der Waals surface area contributed by atoms with Crippen molar-refractivity contribution in [3.63, 3.8) is 0 Å². The van der Waals surface area contributed by atoms with E-state index in [2.05, 4.69) is 19.2 Å². The molecule has 0 saturated heterocycles. The van der Waals surface area contributed by atoms with Gasteiger partial charge in [0.15, 0.2) is 0 Å². The first-order valence-electron chi connectivity index (χ1n) is 5.09. The van der Waals surface area contributed by atoms with Crippen LogP contribution in [0.25, 0.3) is 0 Å². The average molecular weight is 205 g/mol. The largest absolute Gasteiger partial charge is 0.394 e. The molecule has 0 radical (unpaired) electrons. The Morgan fingerprint density at radius 1 is 1.36 bits per heavy atom. The number of aliphatic hydroxyl groups excluding tert-OH is 2. The second kappa shape index (κ2) is 6.35. The Balaban J connectivity index is 3.65. The highest BCUT2D eigenvalue weighted by Gasteiger charge is 2.21. The normalized spacial score (nSPS) is 18.2. The summed E-state index contributed by atoms with van der Waals surface area (Å²) in [4.78, 5) is 0. The van der Waals surface area contributed by atoms with Gasteiger partial charge in [0.2, 0.25) is 0 Å². The van der Waals surface area contributed by atoms with Gasteiger partial charge in [-0.1, -0.05) is 13.8 Å². The molecule has 0 aliphatic heterocycles. The molecular weight excluding hydrogens is 182 g/mol. The molecule has 0 aliphatic rings. The van der Waals surface area contributed by atoms with Crippen molar-refractivity contribution in [1.82, 2.24) is 5.32 Å². The third kappa shape index (κ3) is 7.26. The summed E-state index contributed by atoms with van der Waals surface area (Å²) >= 11 is 0. The van der Waals surface area contributed by atoms with E-state index in [4.69, 9.17) is 10.2 Å². The molecule has 0 fully saturated rings. The third-order valence-electron chi connectivity index (χ3n) is 1.94. The van der Waals surface area contributed by atoms with Gasteiger partial charge < -0.3 is 20.6 Å². The summed E-state index contributed by atoms with van der Waals surface area (Å²) in [6.07, 6.45) is -0.0280. The minimum atomic E-state index is -0.747. The Morgan fingerprint density at radius 2 is 1.93 bits per heavy atom. The van der Waals surface area contributed by atoms with Crippen LogP contribution in [0, 0.1) is 5.92 Å². The average Bonchev–Trinajstić information content (AvgIpc) is 2.01. The van der Waals surface area contributed by atoms with Gasteiger partial charge in [-0.3, -0.25) is 0 Å². The molecule has 4 heteroatoms. The highest BCUT2D eigenvalue weighted by molar-refractivity contribution is 4.77. The molecule has 0 rings (SSSR count). The summed E-state index contributed by atoms with van der Waals surface area (Å²) in [5, 5.41) is 30.4. The van der Waals surface area contributed by atoms with E-state index < -0.39 is 11.7 Å². The van der Waals surface area contributed by atoms with Gasteiger partial charge in [0.05, 0.1) is 18.3 Å². The van der Waals surface area contributed by atoms with E-state index in [1.54, 1.807) is 6.92 Å². The van der Waals surface area contributed by atoms with Crippen LogP contribution in [0.5, 0.6) is 0 Å².